The molecule has 0 saturated carbocycles. The van der Waals surface area contributed by atoms with Crippen LogP contribution in [0.4, 0.5) is 11.4 Å². The topological polar surface area (TPSA) is 176 Å². The maximum Gasteiger partial charge on any atom is 0.338 e. The molecule has 0 radical (unpaired) electrons. The Morgan fingerprint density at radius 1 is 1.07 bits per heavy atom. The van der Waals surface area contributed by atoms with Crippen LogP contribution < -0.4 is 19.6 Å². The van der Waals surface area contributed by atoms with Gasteiger partial charge >= 0.3 is 17.3 Å². The molecule has 1 N–H and O–H groups in total. The second kappa shape index (κ2) is 11.7. The largest absolute Gasteiger partial charge is 0.497 e. The van der Waals surface area contributed by atoms with E-state index < -0.39 is 44.5 Å². The number of thiazole rings is 1. The van der Waals surface area contributed by atoms with E-state index in [2.05, 4.69) is 0 Å². The molecule has 0 spiro atoms. The number of aromatic nitrogens is 1. The third-order valence-corrected chi connectivity index (χ3v) is 7.57. The van der Waals surface area contributed by atoms with Crippen LogP contribution in [0, 0.1) is 20.2 Å². The van der Waals surface area contributed by atoms with E-state index in [1.807, 2.05) is 6.07 Å². The molecule has 13 nitrogen and oxygen atoms in total. The number of nitrogens with zero attached hydrogens (tertiary/aromatic N) is 4. The number of fused-ring (bicyclic) bond motifs is 1. The molecule has 1 aliphatic rings. The molecule has 3 aromatic carbocycles. The molecule has 4 aromatic rings. The zero-order valence-electron chi connectivity index (χ0n) is 22.6. The Hall–Kier alpha value is -5.63. The molecule has 1 aliphatic heterocycles. The molecule has 1 atom stereocenters. The zero-order valence-corrected chi connectivity index (χ0v) is 23.4. The van der Waals surface area contributed by atoms with Gasteiger partial charge in [-0.05, 0) is 36.3 Å². The number of esters is 1. The van der Waals surface area contributed by atoms with Gasteiger partial charge in [0.05, 0.1) is 45.4 Å². The lowest BCUT2D eigenvalue weighted by Crippen LogP contribution is -2.40. The van der Waals surface area contributed by atoms with Crippen molar-refractivity contribution in [3.8, 4) is 11.5 Å². The summed E-state index contributed by atoms with van der Waals surface area (Å²) in [6.45, 7) is 1.73. The third kappa shape index (κ3) is 5.38. The van der Waals surface area contributed by atoms with Crippen molar-refractivity contribution >= 4 is 40.5 Å². The average Bonchev–Trinajstić information content (AvgIpc) is 3.31. The summed E-state index contributed by atoms with van der Waals surface area (Å²) in [5, 5.41) is 33.0. The SMILES string of the molecule is CCOC(=O)C1=C(c2ccccc2)N=c2s/c(=C\c3cc([N+](=O)[O-])c(O)c([N+](=O)[O-])c3)c(=O)n2[C@@H]1c1ccc(OC)cc1. The van der Waals surface area contributed by atoms with Gasteiger partial charge in [0.15, 0.2) is 4.80 Å². The predicted molar refractivity (Wildman–Crippen MR) is 155 cm³/mol. The Morgan fingerprint density at radius 2 is 1.70 bits per heavy atom. The molecule has 0 bridgehead atoms. The van der Waals surface area contributed by atoms with Crippen LogP contribution in [-0.2, 0) is 9.53 Å². The molecule has 1 aromatic heterocycles. The summed E-state index contributed by atoms with van der Waals surface area (Å²) in [5.41, 5.74) is -0.869. The third-order valence-electron chi connectivity index (χ3n) is 6.59. The highest BCUT2D eigenvalue weighted by Crippen LogP contribution is 2.38. The summed E-state index contributed by atoms with van der Waals surface area (Å²) >= 11 is 0.936. The van der Waals surface area contributed by atoms with E-state index in [1.54, 1.807) is 55.5 Å². The standard InChI is InChI=1S/C29H22N4O9S/c1-3-42-28(36)23-24(17-7-5-4-6-8-17)30-29-31(25(23)18-9-11-19(41-2)12-10-18)27(35)22(43-29)15-16-13-20(32(37)38)26(34)21(14-16)33(39)40/h4-15,25,34H,3H2,1-2H3/b22-15-/t25-/m1/s1. The van der Waals surface area contributed by atoms with Gasteiger partial charge in [0.1, 0.15) is 5.75 Å². The molecule has 0 amide bonds. The van der Waals surface area contributed by atoms with Crippen LogP contribution in [0.15, 0.2) is 82.1 Å². The minimum atomic E-state index is -1.10. The van der Waals surface area contributed by atoms with Gasteiger partial charge in [-0.15, -0.1) is 0 Å². The van der Waals surface area contributed by atoms with Gasteiger partial charge in [0, 0.05) is 17.7 Å². The molecule has 43 heavy (non-hydrogen) atoms. The lowest BCUT2D eigenvalue weighted by atomic mass is 9.93. The highest BCUT2D eigenvalue weighted by molar-refractivity contribution is 7.07. The molecule has 0 aliphatic carbocycles. The lowest BCUT2D eigenvalue weighted by molar-refractivity contribution is -0.396. The van der Waals surface area contributed by atoms with E-state index in [1.165, 1.54) is 17.8 Å². The molecule has 0 fully saturated rings. The van der Waals surface area contributed by atoms with E-state index in [4.69, 9.17) is 14.5 Å². The first-order valence-corrected chi connectivity index (χ1v) is 13.5. The predicted octanol–water partition coefficient (Wildman–Crippen LogP) is 3.47. The number of phenols is 1. The molecular formula is C29H22N4O9S. The van der Waals surface area contributed by atoms with Crippen molar-refractivity contribution in [1.29, 1.82) is 0 Å². The second-order valence-electron chi connectivity index (χ2n) is 9.13. The summed E-state index contributed by atoms with van der Waals surface area (Å²) in [5.74, 6) is -1.22. The first-order chi connectivity index (χ1) is 20.6. The quantitative estimate of drug-likeness (QED) is 0.180. The minimum Gasteiger partial charge on any atom is -0.497 e. The lowest BCUT2D eigenvalue weighted by Gasteiger charge is -2.26. The highest BCUT2D eigenvalue weighted by atomic mass is 32.1. The maximum atomic E-state index is 14.0. The van der Waals surface area contributed by atoms with Gasteiger partial charge in [-0.2, -0.15) is 0 Å². The number of carbonyl (C=O) groups is 1. The molecular weight excluding hydrogens is 580 g/mol. The summed E-state index contributed by atoms with van der Waals surface area (Å²) < 4.78 is 12.0. The Kier molecular flexibility index (Phi) is 7.86. The van der Waals surface area contributed by atoms with E-state index in [9.17, 15) is 34.9 Å². The van der Waals surface area contributed by atoms with Gasteiger partial charge in [0.2, 0.25) is 0 Å². The summed E-state index contributed by atoms with van der Waals surface area (Å²) in [6.07, 6.45) is 1.24. The fourth-order valence-corrected chi connectivity index (χ4v) is 5.68. The number of carbonyl (C=O) groups excluding carboxylic acids is 1. The number of phenolic OH excluding ortho intramolecular Hbond substituents is 1. The Bertz CT molecular complexity index is 1950. The summed E-state index contributed by atoms with van der Waals surface area (Å²) in [4.78, 5) is 53.4. The summed E-state index contributed by atoms with van der Waals surface area (Å²) in [6, 6.07) is 16.6. The fraction of sp³-hybridized carbons (Fsp3) is 0.138. The fourth-order valence-electron chi connectivity index (χ4n) is 4.68. The van der Waals surface area contributed by atoms with E-state index in [0.717, 1.165) is 23.5 Å². The highest BCUT2D eigenvalue weighted by Gasteiger charge is 2.35. The monoisotopic (exact) mass is 602 g/mol. The van der Waals surface area contributed by atoms with Crippen LogP contribution >= 0.6 is 11.3 Å². The van der Waals surface area contributed by atoms with Crippen molar-refractivity contribution in [2.24, 2.45) is 4.99 Å². The number of benzene rings is 3. The second-order valence-corrected chi connectivity index (χ2v) is 10.1. The van der Waals surface area contributed by atoms with E-state index in [-0.39, 0.29) is 27.1 Å². The minimum absolute atomic E-state index is 0.0315. The molecule has 14 heteroatoms. The molecule has 2 heterocycles. The van der Waals surface area contributed by atoms with Gasteiger partial charge < -0.3 is 14.6 Å². The Morgan fingerprint density at radius 3 is 2.26 bits per heavy atom. The number of hydrogen-bond acceptors (Lipinski definition) is 11. The van der Waals surface area contributed by atoms with Crippen LogP contribution in [-0.4, -0.2) is 39.2 Å². The Labute approximate surface area is 246 Å². The van der Waals surface area contributed by atoms with Crippen molar-refractivity contribution in [2.75, 3.05) is 13.7 Å². The van der Waals surface area contributed by atoms with Crippen molar-refractivity contribution in [3.63, 3.8) is 0 Å². The number of rotatable bonds is 8. The van der Waals surface area contributed by atoms with Crippen LogP contribution in [0.5, 0.6) is 11.5 Å². The van der Waals surface area contributed by atoms with Crippen LogP contribution in [0.3, 0.4) is 0 Å². The van der Waals surface area contributed by atoms with Crippen LogP contribution in [0.1, 0.15) is 29.7 Å². The summed E-state index contributed by atoms with van der Waals surface area (Å²) in [7, 11) is 1.51. The van der Waals surface area contributed by atoms with E-state index in [0.29, 0.717) is 22.6 Å². The first kappa shape index (κ1) is 28.9. The molecule has 5 rings (SSSR count). The number of ether oxygens (including phenoxy) is 2. The van der Waals surface area contributed by atoms with Crippen LogP contribution in [0.2, 0.25) is 0 Å². The molecule has 218 valence electrons. The first-order valence-electron chi connectivity index (χ1n) is 12.7. The number of nitro benzene ring substituents is 2. The van der Waals surface area contributed by atoms with Gasteiger partial charge in [-0.3, -0.25) is 29.6 Å². The van der Waals surface area contributed by atoms with Crippen molar-refractivity contribution < 1.29 is 29.2 Å². The number of hydrogen-bond donors (Lipinski definition) is 1. The smallest absolute Gasteiger partial charge is 0.338 e. The number of methoxy groups -OCH3 is 1. The van der Waals surface area contributed by atoms with Crippen molar-refractivity contribution in [1.82, 2.24) is 4.57 Å². The van der Waals surface area contributed by atoms with Gasteiger partial charge in [-0.1, -0.05) is 53.8 Å². The normalized spacial score (nSPS) is 14.6. The average molecular weight is 603 g/mol. The molecule has 0 saturated heterocycles. The zero-order chi connectivity index (χ0) is 30.8. The Balaban J connectivity index is 1.83. The van der Waals surface area contributed by atoms with Gasteiger partial charge in [-0.25, -0.2) is 9.79 Å². The number of aromatic hydroxyl groups is 1. The van der Waals surface area contributed by atoms with Crippen molar-refractivity contribution in [2.45, 2.75) is 13.0 Å². The maximum absolute atomic E-state index is 14.0. The van der Waals surface area contributed by atoms with Crippen LogP contribution in [0.25, 0.3) is 11.8 Å². The molecule has 0 unspecified atom stereocenters. The van der Waals surface area contributed by atoms with E-state index >= 15 is 0 Å². The number of nitro groups is 2. The van der Waals surface area contributed by atoms with Gasteiger partial charge in [0.25, 0.3) is 11.3 Å². The van der Waals surface area contributed by atoms with Crippen molar-refractivity contribution in [3.05, 3.63) is 129 Å².